The summed E-state index contributed by atoms with van der Waals surface area (Å²) >= 11 is 0. The number of nitrogens with one attached hydrogen (secondary N) is 2. The Morgan fingerprint density at radius 3 is 2.44 bits per heavy atom. The van der Waals surface area contributed by atoms with Crippen molar-refractivity contribution in [2.45, 2.75) is 71.7 Å². The van der Waals surface area contributed by atoms with E-state index in [0.29, 0.717) is 50.0 Å². The zero-order valence-electron chi connectivity index (χ0n) is 27.9. The van der Waals surface area contributed by atoms with Gasteiger partial charge in [-0.05, 0) is 78.3 Å². The number of fused-ring (bicyclic) bond motifs is 2. The molecule has 0 fully saturated rings. The molecular formula is C36H43F3N4O5. The Hall–Kier alpha value is -4.58. The Bertz CT molecular complexity index is 1720. The fraction of sp³-hybridized carbons (Fsp3) is 0.417. The first-order valence-corrected chi connectivity index (χ1v) is 16.0. The van der Waals surface area contributed by atoms with E-state index >= 15 is 0 Å². The summed E-state index contributed by atoms with van der Waals surface area (Å²) in [7, 11) is 1.30. The molecule has 12 heteroatoms. The van der Waals surface area contributed by atoms with Gasteiger partial charge >= 0.3 is 12.3 Å². The van der Waals surface area contributed by atoms with Crippen LogP contribution in [0.4, 0.5) is 23.9 Å². The average Bonchev–Trinajstić information content (AvgIpc) is 3.31. The molecule has 4 aromatic rings. The minimum absolute atomic E-state index is 0.0337. The number of hydrogen-bond acceptors (Lipinski definition) is 6. The molecule has 0 bridgehead atoms. The second kappa shape index (κ2) is 15.5. The van der Waals surface area contributed by atoms with E-state index in [1.54, 1.807) is 17.9 Å². The van der Waals surface area contributed by atoms with Crippen LogP contribution in [0.5, 0.6) is 5.75 Å². The third-order valence-electron chi connectivity index (χ3n) is 8.23. The third-order valence-corrected chi connectivity index (χ3v) is 8.23. The number of nitrogens with zero attached hydrogens (tertiary/aromatic N) is 2. The number of methoxy groups -OCH3 is 1. The van der Waals surface area contributed by atoms with Gasteiger partial charge in [-0.15, -0.1) is 0 Å². The second-order valence-corrected chi connectivity index (χ2v) is 12.3. The number of H-pyrrole nitrogens is 1. The van der Waals surface area contributed by atoms with E-state index in [9.17, 15) is 27.9 Å². The van der Waals surface area contributed by atoms with E-state index in [2.05, 4.69) is 20.0 Å². The molecule has 1 unspecified atom stereocenters. The molecule has 5 rings (SSSR count). The molecule has 0 saturated carbocycles. The molecule has 3 N–H and O–H groups in total. The molecular weight excluding hydrogens is 625 g/mol. The zero-order valence-corrected chi connectivity index (χ0v) is 27.9. The summed E-state index contributed by atoms with van der Waals surface area (Å²) < 4.78 is 48.7. The number of anilines is 1. The van der Waals surface area contributed by atoms with Crippen molar-refractivity contribution < 1.29 is 37.3 Å². The second-order valence-electron chi connectivity index (χ2n) is 12.3. The minimum Gasteiger partial charge on any atom is -0.491 e. The first kappa shape index (κ1) is 36.3. The van der Waals surface area contributed by atoms with Gasteiger partial charge < -0.3 is 24.5 Å². The molecule has 3 aromatic carbocycles. The molecule has 1 aromatic heterocycles. The molecule has 2 amide bonds. The maximum absolute atomic E-state index is 12.8. The largest absolute Gasteiger partial charge is 0.491 e. The van der Waals surface area contributed by atoms with Crippen LogP contribution < -0.4 is 10.1 Å². The SMILES string of the molecule is CCCC(O)(CCC(C)C)c1cccc(C(F)(F)F)c1.COC(=O)Nc1nc2ccc(-c3ccc4c(c3)CN(C(C)=O)CCO4)cc2[nH]1. The lowest BCUT2D eigenvalue weighted by Crippen LogP contribution is -2.30. The van der Waals surface area contributed by atoms with Crippen molar-refractivity contribution in [2.75, 3.05) is 25.6 Å². The summed E-state index contributed by atoms with van der Waals surface area (Å²) in [4.78, 5) is 32.3. The van der Waals surface area contributed by atoms with Gasteiger partial charge in [0.15, 0.2) is 0 Å². The molecule has 258 valence electrons. The highest BCUT2D eigenvalue weighted by Crippen LogP contribution is 2.37. The molecule has 9 nitrogen and oxygen atoms in total. The summed E-state index contributed by atoms with van der Waals surface area (Å²) in [5.41, 5.74) is 3.00. The molecule has 0 spiro atoms. The van der Waals surface area contributed by atoms with E-state index in [0.717, 1.165) is 58.4 Å². The van der Waals surface area contributed by atoms with Crippen LogP contribution in [0.3, 0.4) is 0 Å². The van der Waals surface area contributed by atoms with E-state index in [4.69, 9.17) is 4.74 Å². The van der Waals surface area contributed by atoms with Crippen molar-refractivity contribution in [2.24, 2.45) is 5.92 Å². The molecule has 48 heavy (non-hydrogen) atoms. The van der Waals surface area contributed by atoms with Crippen LogP contribution in [-0.4, -0.2) is 52.2 Å². The van der Waals surface area contributed by atoms with Gasteiger partial charge in [0.05, 0.1) is 35.9 Å². The fourth-order valence-corrected chi connectivity index (χ4v) is 5.58. The van der Waals surface area contributed by atoms with E-state index < -0.39 is 23.4 Å². The van der Waals surface area contributed by atoms with E-state index in [1.807, 2.05) is 57.2 Å². The smallest absolute Gasteiger partial charge is 0.416 e. The average molecular weight is 669 g/mol. The van der Waals surface area contributed by atoms with Gasteiger partial charge in [-0.25, -0.2) is 9.78 Å². The summed E-state index contributed by atoms with van der Waals surface area (Å²) in [6.07, 6.45) is -2.49. The van der Waals surface area contributed by atoms with Crippen molar-refractivity contribution in [3.63, 3.8) is 0 Å². The molecule has 0 radical (unpaired) electrons. The third kappa shape index (κ3) is 9.27. The Balaban J connectivity index is 0.000000231. The van der Waals surface area contributed by atoms with Crippen molar-refractivity contribution >= 4 is 29.0 Å². The number of halogens is 3. The number of hydrogen-bond donors (Lipinski definition) is 3. The number of aromatic nitrogens is 2. The monoisotopic (exact) mass is 668 g/mol. The first-order chi connectivity index (χ1) is 22.7. The van der Waals surface area contributed by atoms with Crippen LogP contribution in [0.2, 0.25) is 0 Å². The molecule has 2 heterocycles. The minimum atomic E-state index is -4.37. The lowest BCUT2D eigenvalue weighted by molar-refractivity contribution is -0.137. The highest BCUT2D eigenvalue weighted by molar-refractivity contribution is 5.88. The lowest BCUT2D eigenvalue weighted by atomic mass is 9.83. The number of ether oxygens (including phenoxy) is 2. The van der Waals surface area contributed by atoms with Crippen LogP contribution in [0.1, 0.15) is 70.1 Å². The Morgan fingerprint density at radius 1 is 1.06 bits per heavy atom. The molecule has 1 aliphatic rings. The fourth-order valence-electron chi connectivity index (χ4n) is 5.58. The van der Waals surface area contributed by atoms with Crippen molar-refractivity contribution in [3.8, 4) is 16.9 Å². The van der Waals surface area contributed by atoms with Gasteiger partial charge in [-0.1, -0.05) is 51.5 Å². The van der Waals surface area contributed by atoms with E-state index in [-0.39, 0.29) is 5.91 Å². The molecule has 1 atom stereocenters. The summed E-state index contributed by atoms with van der Waals surface area (Å²) in [6.45, 7) is 9.17. The maximum atomic E-state index is 12.8. The predicted octanol–water partition coefficient (Wildman–Crippen LogP) is 8.28. The summed E-state index contributed by atoms with van der Waals surface area (Å²) in [5.74, 6) is 1.57. The molecule has 1 aliphatic heterocycles. The van der Waals surface area contributed by atoms with Crippen molar-refractivity contribution in [1.29, 1.82) is 0 Å². The Labute approximate surface area is 278 Å². The predicted molar refractivity (Wildman–Crippen MR) is 178 cm³/mol. The van der Waals surface area contributed by atoms with Crippen LogP contribution >= 0.6 is 0 Å². The number of imidazole rings is 1. The molecule has 0 saturated heterocycles. The lowest BCUT2D eigenvalue weighted by Gasteiger charge is -2.30. The van der Waals surface area contributed by atoms with Gasteiger partial charge in [0.2, 0.25) is 11.9 Å². The van der Waals surface area contributed by atoms with Gasteiger partial charge in [0, 0.05) is 19.0 Å². The summed E-state index contributed by atoms with van der Waals surface area (Å²) in [5, 5.41) is 13.3. The van der Waals surface area contributed by atoms with Crippen LogP contribution in [0, 0.1) is 5.92 Å². The summed E-state index contributed by atoms with van der Waals surface area (Å²) in [6, 6.07) is 16.9. The zero-order chi connectivity index (χ0) is 35.1. The van der Waals surface area contributed by atoms with Gasteiger partial charge in [-0.2, -0.15) is 13.2 Å². The number of carbonyl (C=O) groups excluding carboxylic acids is 2. The van der Waals surface area contributed by atoms with Crippen LogP contribution in [0.25, 0.3) is 22.2 Å². The molecule has 0 aliphatic carbocycles. The normalized spacial score (nSPS) is 14.2. The van der Waals surface area contributed by atoms with Gasteiger partial charge in [-0.3, -0.25) is 10.1 Å². The van der Waals surface area contributed by atoms with Gasteiger partial charge in [0.1, 0.15) is 12.4 Å². The maximum Gasteiger partial charge on any atom is 0.416 e. The van der Waals surface area contributed by atoms with Crippen molar-refractivity contribution in [1.82, 2.24) is 14.9 Å². The number of benzene rings is 3. The van der Waals surface area contributed by atoms with Crippen molar-refractivity contribution in [3.05, 3.63) is 77.4 Å². The number of amides is 2. The quantitative estimate of drug-likeness (QED) is 0.174. The standard InChI is InChI=1S/C20H20N4O4.C16H23F3O/c1-12(25)24-7-8-28-18-6-4-13(9-15(18)11-24)14-3-5-16-17(10-14)22-19(21-16)23-20(26)27-2;1-4-9-15(20,10-8-12(2)3)13-6-5-7-14(11-13)16(17,18)19/h3-6,9-10H,7-8,11H2,1-2H3,(H2,21,22,23,26);5-7,11-12,20H,4,8-10H2,1-3H3. The van der Waals surface area contributed by atoms with Crippen LogP contribution in [0.15, 0.2) is 60.7 Å². The first-order valence-electron chi connectivity index (χ1n) is 16.0. The Morgan fingerprint density at radius 2 is 1.77 bits per heavy atom. The highest BCUT2D eigenvalue weighted by atomic mass is 19.4. The van der Waals surface area contributed by atoms with E-state index in [1.165, 1.54) is 13.2 Å². The highest BCUT2D eigenvalue weighted by Gasteiger charge is 2.34. The number of aliphatic hydroxyl groups is 1. The van der Waals surface area contributed by atoms with Crippen LogP contribution in [-0.2, 0) is 27.9 Å². The number of aromatic amines is 1. The number of carbonyl (C=O) groups is 2. The Kier molecular flexibility index (Phi) is 11.7. The number of alkyl halides is 3. The van der Waals surface area contributed by atoms with Gasteiger partial charge in [0.25, 0.3) is 0 Å². The number of rotatable bonds is 8. The topological polar surface area (TPSA) is 117 Å².